The van der Waals surface area contributed by atoms with Crippen LogP contribution in [0, 0.1) is 0 Å². The Hall–Kier alpha value is -2.89. The second-order valence-corrected chi connectivity index (χ2v) is 17.8. The first-order chi connectivity index (χ1) is 31.0. The Kier molecular flexibility index (Phi) is 49.4. The average molecular weight is 881 g/mol. The Morgan fingerprint density at radius 1 is 0.333 bits per heavy atom. The minimum absolute atomic E-state index is 0.0818. The Bertz CT molecular complexity index is 1150. The SMILES string of the molecule is CC/C=C\C/C=C\C/C=C\C/C=C\C/C=C\CCCCCC(=O)OC[C@@H](COC(=O)CCCCCCCCCCC)OC(=O)CCCCCCCCCCCCCCCCCCC. The Morgan fingerprint density at radius 2 is 0.619 bits per heavy atom. The van der Waals surface area contributed by atoms with E-state index in [0.29, 0.717) is 19.3 Å². The van der Waals surface area contributed by atoms with Gasteiger partial charge in [-0.3, -0.25) is 14.4 Å². The summed E-state index contributed by atoms with van der Waals surface area (Å²) in [7, 11) is 0. The molecule has 63 heavy (non-hydrogen) atoms. The lowest BCUT2D eigenvalue weighted by Crippen LogP contribution is -2.30. The van der Waals surface area contributed by atoms with Crippen molar-refractivity contribution in [3.8, 4) is 0 Å². The summed E-state index contributed by atoms with van der Waals surface area (Å²) < 4.78 is 16.8. The number of carbonyl (C=O) groups excluding carboxylic acids is 3. The number of unbranched alkanes of at least 4 members (excludes halogenated alkanes) is 27. The lowest BCUT2D eigenvalue weighted by Gasteiger charge is -2.18. The molecule has 0 aliphatic carbocycles. The maximum atomic E-state index is 12.8. The van der Waals surface area contributed by atoms with Gasteiger partial charge in [0.2, 0.25) is 0 Å². The summed E-state index contributed by atoms with van der Waals surface area (Å²) in [6.07, 6.45) is 63.5. The normalized spacial score (nSPS) is 12.5. The Morgan fingerprint density at radius 3 is 0.968 bits per heavy atom. The summed E-state index contributed by atoms with van der Waals surface area (Å²) in [5.41, 5.74) is 0. The van der Waals surface area contributed by atoms with Gasteiger partial charge in [0.15, 0.2) is 6.10 Å². The van der Waals surface area contributed by atoms with Crippen molar-refractivity contribution < 1.29 is 28.6 Å². The van der Waals surface area contributed by atoms with E-state index in [1.165, 1.54) is 128 Å². The van der Waals surface area contributed by atoms with E-state index in [1.54, 1.807) is 0 Å². The number of allylic oxidation sites excluding steroid dienone is 10. The highest BCUT2D eigenvalue weighted by atomic mass is 16.6. The molecule has 0 aliphatic rings. The van der Waals surface area contributed by atoms with E-state index in [-0.39, 0.29) is 31.1 Å². The van der Waals surface area contributed by atoms with Gasteiger partial charge in [0.05, 0.1) is 0 Å². The summed E-state index contributed by atoms with van der Waals surface area (Å²) in [4.78, 5) is 37.9. The molecule has 0 aromatic heterocycles. The van der Waals surface area contributed by atoms with Crippen molar-refractivity contribution in [3.05, 3.63) is 60.8 Å². The number of rotatable bonds is 48. The van der Waals surface area contributed by atoms with Gasteiger partial charge in [-0.2, -0.15) is 0 Å². The molecule has 0 rings (SSSR count). The van der Waals surface area contributed by atoms with Crippen LogP contribution in [0.4, 0.5) is 0 Å². The molecule has 0 saturated carbocycles. The molecule has 0 aliphatic heterocycles. The molecule has 6 heteroatoms. The summed E-state index contributed by atoms with van der Waals surface area (Å²) in [6, 6.07) is 0. The molecule has 0 unspecified atom stereocenters. The average Bonchev–Trinajstić information content (AvgIpc) is 3.28. The third kappa shape index (κ3) is 50.0. The largest absolute Gasteiger partial charge is 0.462 e. The molecule has 0 heterocycles. The van der Waals surface area contributed by atoms with Crippen LogP contribution < -0.4 is 0 Å². The molecular weight excluding hydrogens is 781 g/mol. The van der Waals surface area contributed by atoms with Crippen LogP contribution in [0.1, 0.15) is 265 Å². The van der Waals surface area contributed by atoms with Crippen LogP contribution >= 0.6 is 0 Å². The number of esters is 3. The fourth-order valence-electron chi connectivity index (χ4n) is 7.53. The standard InChI is InChI=1S/C57H100O6/c1-4-7-10-13-16-19-21-23-25-27-28-30-31-33-35-38-41-44-47-50-56(59)62-53-54(52-61-55(58)49-46-43-40-37-18-15-12-9-6-3)63-57(60)51-48-45-42-39-36-34-32-29-26-24-22-20-17-14-11-8-5-2/h7,10,16,19,23,25,28,30,33,35,54H,4-6,8-9,11-15,17-18,20-22,24,26-27,29,31-32,34,36-53H2,1-3H3/b10-7-,19-16-,25-23-,30-28-,35-33-/t54-/m1/s1. The minimum Gasteiger partial charge on any atom is -0.462 e. The van der Waals surface area contributed by atoms with E-state index in [9.17, 15) is 14.4 Å². The van der Waals surface area contributed by atoms with Crippen molar-refractivity contribution >= 4 is 17.9 Å². The number of ether oxygens (including phenoxy) is 3. The minimum atomic E-state index is -0.783. The molecule has 0 aromatic carbocycles. The molecule has 0 saturated heterocycles. The number of hydrogen-bond donors (Lipinski definition) is 0. The first-order valence-corrected chi connectivity index (χ1v) is 26.8. The number of carbonyl (C=O) groups is 3. The highest BCUT2D eigenvalue weighted by molar-refractivity contribution is 5.71. The molecular formula is C57H100O6. The third-order valence-electron chi connectivity index (χ3n) is 11.5. The van der Waals surface area contributed by atoms with Crippen molar-refractivity contribution in [2.24, 2.45) is 0 Å². The zero-order chi connectivity index (χ0) is 45.8. The third-order valence-corrected chi connectivity index (χ3v) is 11.5. The topological polar surface area (TPSA) is 78.9 Å². The Balaban J connectivity index is 4.35. The molecule has 364 valence electrons. The van der Waals surface area contributed by atoms with Gasteiger partial charge in [0.25, 0.3) is 0 Å². The maximum Gasteiger partial charge on any atom is 0.306 e. The molecule has 0 spiro atoms. The predicted molar refractivity (Wildman–Crippen MR) is 270 cm³/mol. The van der Waals surface area contributed by atoms with Crippen LogP contribution in [0.5, 0.6) is 0 Å². The van der Waals surface area contributed by atoms with Gasteiger partial charge in [0.1, 0.15) is 13.2 Å². The molecule has 0 amide bonds. The van der Waals surface area contributed by atoms with Gasteiger partial charge >= 0.3 is 17.9 Å². The fraction of sp³-hybridized carbons (Fsp3) is 0.772. The molecule has 1 atom stereocenters. The van der Waals surface area contributed by atoms with Crippen molar-refractivity contribution in [2.75, 3.05) is 13.2 Å². The lowest BCUT2D eigenvalue weighted by atomic mass is 10.0. The fourth-order valence-corrected chi connectivity index (χ4v) is 7.53. The van der Waals surface area contributed by atoms with E-state index in [2.05, 4.69) is 81.5 Å². The first kappa shape index (κ1) is 60.1. The van der Waals surface area contributed by atoms with E-state index < -0.39 is 6.10 Å². The second kappa shape index (κ2) is 51.7. The van der Waals surface area contributed by atoms with Crippen LogP contribution in [-0.4, -0.2) is 37.2 Å². The second-order valence-electron chi connectivity index (χ2n) is 17.8. The van der Waals surface area contributed by atoms with E-state index in [1.807, 2.05) is 0 Å². The maximum absolute atomic E-state index is 12.8. The highest BCUT2D eigenvalue weighted by Gasteiger charge is 2.19. The number of hydrogen-bond acceptors (Lipinski definition) is 6. The van der Waals surface area contributed by atoms with Crippen LogP contribution in [0.25, 0.3) is 0 Å². The molecule has 0 fully saturated rings. The highest BCUT2D eigenvalue weighted by Crippen LogP contribution is 2.16. The molecule has 0 aromatic rings. The van der Waals surface area contributed by atoms with Gasteiger partial charge in [0, 0.05) is 19.3 Å². The molecule has 0 bridgehead atoms. The van der Waals surface area contributed by atoms with Crippen LogP contribution in [0.15, 0.2) is 60.8 Å². The predicted octanol–water partition coefficient (Wildman–Crippen LogP) is 17.6. The Labute approximate surface area is 390 Å². The van der Waals surface area contributed by atoms with Crippen molar-refractivity contribution in [1.29, 1.82) is 0 Å². The van der Waals surface area contributed by atoms with Crippen molar-refractivity contribution in [1.82, 2.24) is 0 Å². The molecule has 6 nitrogen and oxygen atoms in total. The van der Waals surface area contributed by atoms with Gasteiger partial charge in [-0.1, -0.05) is 242 Å². The van der Waals surface area contributed by atoms with Crippen LogP contribution in [0.2, 0.25) is 0 Å². The van der Waals surface area contributed by atoms with Gasteiger partial charge in [-0.25, -0.2) is 0 Å². The quantitative estimate of drug-likeness (QED) is 0.0262. The van der Waals surface area contributed by atoms with Gasteiger partial charge < -0.3 is 14.2 Å². The van der Waals surface area contributed by atoms with Crippen LogP contribution in [-0.2, 0) is 28.6 Å². The van der Waals surface area contributed by atoms with Crippen LogP contribution in [0.3, 0.4) is 0 Å². The smallest absolute Gasteiger partial charge is 0.306 e. The van der Waals surface area contributed by atoms with E-state index in [0.717, 1.165) is 96.3 Å². The molecule has 0 radical (unpaired) electrons. The first-order valence-electron chi connectivity index (χ1n) is 26.8. The monoisotopic (exact) mass is 881 g/mol. The van der Waals surface area contributed by atoms with E-state index in [4.69, 9.17) is 14.2 Å². The van der Waals surface area contributed by atoms with Gasteiger partial charge in [-0.15, -0.1) is 0 Å². The van der Waals surface area contributed by atoms with Crippen molar-refractivity contribution in [3.63, 3.8) is 0 Å². The zero-order valence-electron chi connectivity index (χ0n) is 41.6. The summed E-state index contributed by atoms with van der Waals surface area (Å²) in [6.45, 7) is 6.50. The van der Waals surface area contributed by atoms with E-state index >= 15 is 0 Å². The summed E-state index contributed by atoms with van der Waals surface area (Å²) in [5.74, 6) is -0.909. The zero-order valence-corrected chi connectivity index (χ0v) is 41.6. The lowest BCUT2D eigenvalue weighted by molar-refractivity contribution is -0.167. The summed E-state index contributed by atoms with van der Waals surface area (Å²) in [5, 5.41) is 0. The molecule has 0 N–H and O–H groups in total. The summed E-state index contributed by atoms with van der Waals surface area (Å²) >= 11 is 0. The van der Waals surface area contributed by atoms with Gasteiger partial charge in [-0.05, 0) is 64.2 Å². The van der Waals surface area contributed by atoms with Crippen molar-refractivity contribution in [2.45, 2.75) is 271 Å².